The lowest BCUT2D eigenvalue weighted by Crippen LogP contribution is -2.06. The van der Waals surface area contributed by atoms with E-state index in [1.54, 1.807) is 4.68 Å². The van der Waals surface area contributed by atoms with Gasteiger partial charge in [-0.1, -0.05) is 39.8 Å². The molecule has 0 aliphatic carbocycles. The molecule has 1 heterocycles. The van der Waals surface area contributed by atoms with Crippen molar-refractivity contribution >= 4 is 33.7 Å². The molecule has 1 aromatic carbocycles. The predicted molar refractivity (Wildman–Crippen MR) is 69.4 cm³/mol. The molecular formula is C10H9BrN4O2S. The Morgan fingerprint density at radius 2 is 2.33 bits per heavy atom. The van der Waals surface area contributed by atoms with Crippen LogP contribution in [0.3, 0.4) is 0 Å². The number of halogens is 1. The molecule has 0 fully saturated rings. The van der Waals surface area contributed by atoms with Crippen LogP contribution >= 0.6 is 27.7 Å². The number of hydrogen-bond donors (Lipinski definition) is 1. The molecule has 0 aliphatic rings. The summed E-state index contributed by atoms with van der Waals surface area (Å²) in [4.78, 5) is 10.5. The van der Waals surface area contributed by atoms with Gasteiger partial charge in [0, 0.05) is 4.47 Å². The van der Waals surface area contributed by atoms with Crippen LogP contribution in [0, 0.1) is 0 Å². The van der Waals surface area contributed by atoms with E-state index < -0.39 is 5.97 Å². The molecule has 94 valence electrons. The van der Waals surface area contributed by atoms with Crippen molar-refractivity contribution < 1.29 is 9.90 Å². The average Bonchev–Trinajstić information content (AvgIpc) is 2.74. The second kappa shape index (κ2) is 5.96. The molecule has 0 unspecified atom stereocenters. The fourth-order valence-electron chi connectivity index (χ4n) is 1.33. The number of hydrogen-bond acceptors (Lipinski definition) is 5. The maximum atomic E-state index is 10.5. The van der Waals surface area contributed by atoms with Gasteiger partial charge in [-0.05, 0) is 28.1 Å². The second-order valence-corrected chi connectivity index (χ2v) is 5.29. The topological polar surface area (TPSA) is 80.9 Å². The molecule has 0 aliphatic heterocycles. The van der Waals surface area contributed by atoms with Gasteiger partial charge in [0.2, 0.25) is 5.16 Å². The van der Waals surface area contributed by atoms with Gasteiger partial charge in [-0.2, -0.15) is 0 Å². The van der Waals surface area contributed by atoms with Crippen molar-refractivity contribution in [1.29, 1.82) is 0 Å². The molecule has 0 saturated heterocycles. The van der Waals surface area contributed by atoms with Gasteiger partial charge in [-0.3, -0.25) is 4.79 Å². The fraction of sp³-hybridized carbons (Fsp3) is 0.200. The highest BCUT2D eigenvalue weighted by Gasteiger charge is 2.09. The highest BCUT2D eigenvalue weighted by molar-refractivity contribution is 9.10. The normalized spacial score (nSPS) is 10.5. The summed E-state index contributed by atoms with van der Waals surface area (Å²) in [6, 6.07) is 7.78. The first-order valence-electron chi connectivity index (χ1n) is 5.00. The van der Waals surface area contributed by atoms with E-state index in [-0.39, 0.29) is 5.75 Å². The predicted octanol–water partition coefficient (Wildman–Crippen LogP) is 1.66. The molecule has 2 rings (SSSR count). The van der Waals surface area contributed by atoms with E-state index in [2.05, 4.69) is 31.5 Å². The smallest absolute Gasteiger partial charge is 0.313 e. The first kappa shape index (κ1) is 13.0. The molecule has 6 nitrogen and oxygen atoms in total. The van der Waals surface area contributed by atoms with Crippen LogP contribution in [0.15, 0.2) is 33.9 Å². The van der Waals surface area contributed by atoms with Gasteiger partial charge >= 0.3 is 5.97 Å². The van der Waals surface area contributed by atoms with Crippen molar-refractivity contribution in [3.63, 3.8) is 0 Å². The van der Waals surface area contributed by atoms with Gasteiger partial charge < -0.3 is 5.11 Å². The number of aromatic nitrogens is 4. The highest BCUT2D eigenvalue weighted by Crippen LogP contribution is 2.16. The summed E-state index contributed by atoms with van der Waals surface area (Å²) in [7, 11) is 0. The molecule has 0 amide bonds. The molecule has 0 saturated carbocycles. The minimum atomic E-state index is -0.892. The summed E-state index contributed by atoms with van der Waals surface area (Å²) in [5.74, 6) is -0.948. The molecule has 8 heteroatoms. The third-order valence-electron chi connectivity index (χ3n) is 2.05. The zero-order chi connectivity index (χ0) is 13.0. The quantitative estimate of drug-likeness (QED) is 0.841. The minimum Gasteiger partial charge on any atom is -0.481 e. The Kier molecular flexibility index (Phi) is 4.32. The number of carboxylic acids is 1. The van der Waals surface area contributed by atoms with Crippen molar-refractivity contribution in [1.82, 2.24) is 20.2 Å². The molecule has 1 aromatic heterocycles. The summed E-state index contributed by atoms with van der Waals surface area (Å²) in [5, 5.41) is 20.3. The number of nitrogens with zero attached hydrogens (tertiary/aromatic N) is 4. The van der Waals surface area contributed by atoms with Crippen LogP contribution in [0.1, 0.15) is 5.56 Å². The van der Waals surface area contributed by atoms with E-state index in [1.165, 1.54) is 0 Å². The average molecular weight is 329 g/mol. The number of carboxylic acid groups (broad SMARTS) is 1. The summed E-state index contributed by atoms with van der Waals surface area (Å²) in [6.07, 6.45) is 0. The Hall–Kier alpha value is -1.41. The Morgan fingerprint density at radius 1 is 1.50 bits per heavy atom. The number of tetrazole rings is 1. The number of rotatable bonds is 5. The standard InChI is InChI=1S/C10H9BrN4O2S/c11-8-3-1-2-7(4-8)5-15-10(12-13-14-15)18-6-9(16)17/h1-4H,5-6H2,(H,16,17). The highest BCUT2D eigenvalue weighted by atomic mass is 79.9. The fourth-order valence-corrected chi connectivity index (χ4v) is 2.38. The maximum absolute atomic E-state index is 10.5. The van der Waals surface area contributed by atoms with Crippen LogP contribution in [0.5, 0.6) is 0 Å². The molecule has 0 bridgehead atoms. The van der Waals surface area contributed by atoms with E-state index in [4.69, 9.17) is 5.11 Å². The van der Waals surface area contributed by atoms with E-state index in [0.29, 0.717) is 11.7 Å². The number of benzene rings is 1. The van der Waals surface area contributed by atoms with Crippen LogP contribution in [-0.2, 0) is 11.3 Å². The van der Waals surface area contributed by atoms with Crippen LogP contribution in [-0.4, -0.2) is 37.0 Å². The van der Waals surface area contributed by atoms with Gasteiger partial charge in [0.25, 0.3) is 0 Å². The largest absolute Gasteiger partial charge is 0.481 e. The zero-order valence-electron chi connectivity index (χ0n) is 9.15. The Labute approximate surface area is 116 Å². The Morgan fingerprint density at radius 3 is 3.06 bits per heavy atom. The number of aliphatic carboxylic acids is 1. The van der Waals surface area contributed by atoms with Crippen LogP contribution in [0.25, 0.3) is 0 Å². The van der Waals surface area contributed by atoms with E-state index in [0.717, 1.165) is 21.8 Å². The van der Waals surface area contributed by atoms with Crippen molar-refractivity contribution in [2.45, 2.75) is 11.7 Å². The van der Waals surface area contributed by atoms with Crippen molar-refractivity contribution in [2.24, 2.45) is 0 Å². The molecule has 0 spiro atoms. The van der Waals surface area contributed by atoms with Gasteiger partial charge in [-0.15, -0.1) is 5.10 Å². The lowest BCUT2D eigenvalue weighted by atomic mass is 10.2. The minimum absolute atomic E-state index is 0.0567. The third-order valence-corrected chi connectivity index (χ3v) is 3.48. The molecule has 2 aromatic rings. The van der Waals surface area contributed by atoms with E-state index in [9.17, 15) is 4.79 Å². The number of carbonyl (C=O) groups is 1. The molecule has 18 heavy (non-hydrogen) atoms. The molecule has 0 radical (unpaired) electrons. The lowest BCUT2D eigenvalue weighted by molar-refractivity contribution is -0.133. The van der Waals surface area contributed by atoms with E-state index in [1.807, 2.05) is 24.3 Å². The van der Waals surface area contributed by atoms with Gasteiger partial charge in [0.05, 0.1) is 12.3 Å². The van der Waals surface area contributed by atoms with Crippen molar-refractivity contribution in [2.75, 3.05) is 5.75 Å². The molecule has 1 N–H and O–H groups in total. The van der Waals surface area contributed by atoms with Crippen LogP contribution < -0.4 is 0 Å². The first-order chi connectivity index (χ1) is 8.65. The first-order valence-corrected chi connectivity index (χ1v) is 6.78. The van der Waals surface area contributed by atoms with Gasteiger partial charge in [0.15, 0.2) is 0 Å². The SMILES string of the molecule is O=C(O)CSc1nnnn1Cc1cccc(Br)c1. The second-order valence-electron chi connectivity index (χ2n) is 3.43. The molecule has 0 atom stereocenters. The Bertz CT molecular complexity index is 560. The maximum Gasteiger partial charge on any atom is 0.313 e. The summed E-state index contributed by atoms with van der Waals surface area (Å²) in [6.45, 7) is 0.508. The van der Waals surface area contributed by atoms with Gasteiger partial charge in [-0.25, -0.2) is 4.68 Å². The van der Waals surface area contributed by atoms with Crippen molar-refractivity contribution in [3.8, 4) is 0 Å². The van der Waals surface area contributed by atoms with Crippen molar-refractivity contribution in [3.05, 3.63) is 34.3 Å². The summed E-state index contributed by atoms with van der Waals surface area (Å²) < 4.78 is 2.56. The summed E-state index contributed by atoms with van der Waals surface area (Å²) >= 11 is 4.49. The van der Waals surface area contributed by atoms with Crippen LogP contribution in [0.2, 0.25) is 0 Å². The van der Waals surface area contributed by atoms with E-state index >= 15 is 0 Å². The molecular weight excluding hydrogens is 320 g/mol. The zero-order valence-corrected chi connectivity index (χ0v) is 11.6. The summed E-state index contributed by atoms with van der Waals surface area (Å²) in [5.41, 5.74) is 1.04. The monoisotopic (exact) mass is 328 g/mol. The number of thioether (sulfide) groups is 1. The lowest BCUT2D eigenvalue weighted by Gasteiger charge is -2.03. The van der Waals surface area contributed by atoms with Gasteiger partial charge in [0.1, 0.15) is 0 Å². The third kappa shape index (κ3) is 3.54. The Balaban J connectivity index is 2.10. The van der Waals surface area contributed by atoms with Crippen LogP contribution in [0.4, 0.5) is 0 Å².